The molecule has 1 aliphatic heterocycles. The number of imide groups is 1. The lowest BCUT2D eigenvalue weighted by Crippen LogP contribution is -2.34. The zero-order chi connectivity index (χ0) is 25.4. The number of amides is 2. The molecule has 2 amide bonds. The predicted molar refractivity (Wildman–Crippen MR) is 141 cm³/mol. The van der Waals surface area contributed by atoms with Gasteiger partial charge in [-0.3, -0.25) is 14.9 Å². The van der Waals surface area contributed by atoms with Crippen molar-refractivity contribution in [2.45, 2.75) is 26.5 Å². The molecule has 1 atom stereocenters. The van der Waals surface area contributed by atoms with Gasteiger partial charge in [0.15, 0.2) is 0 Å². The normalized spacial score (nSPS) is 14.9. The molecular formula is C28H30N4O4. The van der Waals surface area contributed by atoms with Crippen molar-refractivity contribution in [2.24, 2.45) is 0 Å². The summed E-state index contributed by atoms with van der Waals surface area (Å²) in [7, 11) is 1.59. The average Bonchev–Trinajstić information content (AvgIpc) is 3.54. The fraction of sp³-hybridized carbons (Fsp3) is 0.286. The van der Waals surface area contributed by atoms with Crippen LogP contribution in [0.4, 0.5) is 0 Å². The van der Waals surface area contributed by atoms with E-state index in [0.29, 0.717) is 41.1 Å². The summed E-state index contributed by atoms with van der Waals surface area (Å²) in [6.07, 6.45) is 3.03. The number of carbonyl (C=O) groups is 2. The lowest BCUT2D eigenvalue weighted by atomic mass is 9.95. The molecule has 1 unspecified atom stereocenters. The average molecular weight is 487 g/mol. The molecule has 0 fully saturated rings. The van der Waals surface area contributed by atoms with E-state index >= 15 is 0 Å². The Morgan fingerprint density at radius 3 is 2.44 bits per heavy atom. The van der Waals surface area contributed by atoms with Crippen LogP contribution in [0.5, 0.6) is 5.75 Å². The van der Waals surface area contributed by atoms with Gasteiger partial charge in [-0.2, -0.15) is 0 Å². The van der Waals surface area contributed by atoms with Crippen molar-refractivity contribution < 1.29 is 19.4 Å². The number of hydrogen-bond donors (Lipinski definition) is 3. The molecule has 8 heteroatoms. The summed E-state index contributed by atoms with van der Waals surface area (Å²) < 4.78 is 7.42. The van der Waals surface area contributed by atoms with Crippen LogP contribution in [-0.4, -0.2) is 64.2 Å². The van der Waals surface area contributed by atoms with E-state index in [0.717, 1.165) is 34.9 Å². The summed E-state index contributed by atoms with van der Waals surface area (Å²) in [5.74, 6) is -0.222. The van der Waals surface area contributed by atoms with Crippen molar-refractivity contribution in [1.82, 2.24) is 19.8 Å². The van der Waals surface area contributed by atoms with E-state index in [1.807, 2.05) is 53.2 Å². The van der Waals surface area contributed by atoms with Crippen molar-refractivity contribution in [1.29, 1.82) is 0 Å². The molecule has 0 bridgehead atoms. The maximum absolute atomic E-state index is 13.2. The summed E-state index contributed by atoms with van der Waals surface area (Å²) >= 11 is 0. The molecule has 3 N–H and O–H groups in total. The number of aliphatic hydroxyl groups is 1. The van der Waals surface area contributed by atoms with Crippen molar-refractivity contribution in [3.05, 3.63) is 66.0 Å². The number of para-hydroxylation sites is 1. The Kier molecular flexibility index (Phi) is 6.38. The fourth-order valence-corrected chi connectivity index (χ4v) is 5.07. The number of carbonyl (C=O) groups excluding carboxylic acids is 2. The minimum Gasteiger partial charge on any atom is -0.497 e. The lowest BCUT2D eigenvalue weighted by Gasteiger charge is -2.22. The van der Waals surface area contributed by atoms with Crippen LogP contribution in [0.3, 0.4) is 0 Å². The third-order valence-electron chi connectivity index (χ3n) is 6.92. The van der Waals surface area contributed by atoms with Crippen LogP contribution in [0.25, 0.3) is 33.0 Å². The van der Waals surface area contributed by atoms with Crippen LogP contribution in [-0.2, 0) is 16.1 Å². The first-order valence-electron chi connectivity index (χ1n) is 12.2. The van der Waals surface area contributed by atoms with Crippen LogP contribution >= 0.6 is 0 Å². The highest BCUT2D eigenvalue weighted by Crippen LogP contribution is 2.39. The van der Waals surface area contributed by atoms with Crippen molar-refractivity contribution >= 4 is 44.8 Å². The zero-order valence-corrected chi connectivity index (χ0v) is 20.7. The van der Waals surface area contributed by atoms with Crippen LogP contribution in [0.2, 0.25) is 0 Å². The molecule has 0 radical (unpaired) electrons. The second-order valence-electron chi connectivity index (χ2n) is 9.00. The number of aliphatic hydroxyl groups excluding tert-OH is 1. The Morgan fingerprint density at radius 2 is 1.72 bits per heavy atom. The van der Waals surface area contributed by atoms with E-state index in [9.17, 15) is 14.7 Å². The summed E-state index contributed by atoms with van der Waals surface area (Å²) in [6, 6.07) is 13.3. The number of rotatable bonds is 9. The van der Waals surface area contributed by atoms with E-state index in [1.165, 1.54) is 0 Å². The summed E-state index contributed by atoms with van der Waals surface area (Å²) in [5, 5.41) is 15.0. The number of aromatic nitrogens is 2. The monoisotopic (exact) mass is 486 g/mol. The van der Waals surface area contributed by atoms with Gasteiger partial charge in [0.05, 0.1) is 24.4 Å². The van der Waals surface area contributed by atoms with E-state index in [4.69, 9.17) is 4.74 Å². The molecule has 2 aromatic heterocycles. The molecule has 36 heavy (non-hydrogen) atoms. The number of likely N-dealkylation sites (N-methyl/N-ethyl adjacent to an activating group) is 1. The molecular weight excluding hydrogens is 456 g/mol. The standard InChI is InChI=1S/C28H30N4O4/c1-4-31(5-2)14-17(33)15-32-16-22(20-12-18(36-3)10-11-24(20)32)26-25(27(34)30-28(26)35)21-13-29-23-9-7-6-8-19(21)23/h6-13,16-17,29,33H,4-5,14-15H2,1-3H3,(H,30,34,35). The number of ether oxygens (including phenoxy) is 1. The van der Waals surface area contributed by atoms with Gasteiger partial charge in [-0.1, -0.05) is 32.0 Å². The molecule has 3 heterocycles. The summed E-state index contributed by atoms with van der Waals surface area (Å²) in [5.41, 5.74) is 3.69. The second-order valence-corrected chi connectivity index (χ2v) is 9.00. The zero-order valence-electron chi connectivity index (χ0n) is 20.7. The Balaban J connectivity index is 1.68. The Bertz CT molecular complexity index is 1490. The van der Waals surface area contributed by atoms with E-state index in [-0.39, 0.29) is 0 Å². The molecule has 5 rings (SSSR count). The quantitative estimate of drug-likeness (QED) is 0.315. The number of fused-ring (bicyclic) bond motifs is 2. The predicted octanol–water partition coefficient (Wildman–Crippen LogP) is 3.40. The van der Waals surface area contributed by atoms with Gasteiger partial charge in [0.25, 0.3) is 11.8 Å². The van der Waals surface area contributed by atoms with E-state index < -0.39 is 17.9 Å². The first kappa shape index (κ1) is 23.8. The minimum atomic E-state index is -0.600. The minimum absolute atomic E-state index is 0.319. The topological polar surface area (TPSA) is 99.6 Å². The van der Waals surface area contributed by atoms with Crippen molar-refractivity contribution in [3.8, 4) is 5.75 Å². The van der Waals surface area contributed by atoms with E-state index in [2.05, 4.69) is 29.0 Å². The van der Waals surface area contributed by atoms with Gasteiger partial charge in [-0.15, -0.1) is 0 Å². The largest absolute Gasteiger partial charge is 0.497 e. The Morgan fingerprint density at radius 1 is 1.00 bits per heavy atom. The number of benzene rings is 2. The number of nitrogens with zero attached hydrogens (tertiary/aromatic N) is 2. The smallest absolute Gasteiger partial charge is 0.259 e. The molecule has 0 spiro atoms. The molecule has 1 aliphatic rings. The number of H-pyrrole nitrogens is 1. The van der Waals surface area contributed by atoms with Gasteiger partial charge in [0.2, 0.25) is 0 Å². The van der Waals surface area contributed by atoms with Crippen LogP contribution in [0.1, 0.15) is 25.0 Å². The van der Waals surface area contributed by atoms with Crippen LogP contribution in [0.15, 0.2) is 54.9 Å². The highest BCUT2D eigenvalue weighted by molar-refractivity contribution is 6.50. The first-order chi connectivity index (χ1) is 17.4. The van der Waals surface area contributed by atoms with Gasteiger partial charge in [0, 0.05) is 58.4 Å². The first-order valence-corrected chi connectivity index (χ1v) is 12.2. The summed E-state index contributed by atoms with van der Waals surface area (Å²) in [4.78, 5) is 31.6. The lowest BCUT2D eigenvalue weighted by molar-refractivity contribution is -0.122. The van der Waals surface area contributed by atoms with Crippen LogP contribution in [0, 0.1) is 0 Å². The van der Waals surface area contributed by atoms with Gasteiger partial charge < -0.3 is 24.3 Å². The maximum atomic E-state index is 13.2. The third-order valence-corrected chi connectivity index (χ3v) is 6.92. The van der Waals surface area contributed by atoms with E-state index in [1.54, 1.807) is 13.3 Å². The highest BCUT2D eigenvalue weighted by atomic mass is 16.5. The van der Waals surface area contributed by atoms with Crippen molar-refractivity contribution in [3.63, 3.8) is 0 Å². The van der Waals surface area contributed by atoms with Crippen LogP contribution < -0.4 is 10.1 Å². The number of methoxy groups -OCH3 is 1. The number of hydrogen-bond acceptors (Lipinski definition) is 5. The summed E-state index contributed by atoms with van der Waals surface area (Å²) in [6.45, 7) is 6.74. The van der Waals surface area contributed by atoms with Gasteiger partial charge in [-0.25, -0.2) is 0 Å². The highest BCUT2D eigenvalue weighted by Gasteiger charge is 2.35. The molecule has 186 valence electrons. The maximum Gasteiger partial charge on any atom is 0.259 e. The van der Waals surface area contributed by atoms with Gasteiger partial charge >= 0.3 is 0 Å². The van der Waals surface area contributed by atoms with Gasteiger partial charge in [-0.05, 0) is 37.4 Å². The molecule has 0 aliphatic carbocycles. The Labute approximate surface area is 209 Å². The number of aromatic amines is 1. The van der Waals surface area contributed by atoms with Gasteiger partial charge in [0.1, 0.15) is 5.75 Å². The molecule has 0 saturated carbocycles. The molecule has 2 aromatic carbocycles. The molecule has 8 nitrogen and oxygen atoms in total. The van der Waals surface area contributed by atoms with Crippen molar-refractivity contribution in [2.75, 3.05) is 26.7 Å². The Hall–Kier alpha value is -3.88. The third kappa shape index (κ3) is 4.08. The molecule has 4 aromatic rings. The number of nitrogens with one attached hydrogen (secondary N) is 2. The molecule has 0 saturated heterocycles. The fourth-order valence-electron chi connectivity index (χ4n) is 5.07. The second kappa shape index (κ2) is 9.64. The SMILES string of the molecule is CCN(CC)CC(O)Cn1cc(C2=C(c3c[nH]c4ccccc34)C(=O)NC2=O)c2cc(OC)ccc21.